The number of hydrogen-bond donors (Lipinski definition) is 2. The Morgan fingerprint density at radius 2 is 1.80 bits per heavy atom. The lowest BCUT2D eigenvalue weighted by Gasteiger charge is -2.13. The Morgan fingerprint density at radius 1 is 1.07 bits per heavy atom. The first-order chi connectivity index (χ1) is 14.2. The highest BCUT2D eigenvalue weighted by molar-refractivity contribution is 5.91. The van der Waals surface area contributed by atoms with Crippen molar-refractivity contribution in [3.63, 3.8) is 0 Å². The third kappa shape index (κ3) is 6.68. The number of carbonyl (C=O) groups excluding carboxylic acids is 2. The van der Waals surface area contributed by atoms with Crippen LogP contribution in [-0.4, -0.2) is 31.7 Å². The minimum atomic E-state index is -4.96. The zero-order chi connectivity index (χ0) is 22.1. The Balaban J connectivity index is 1.96. The molecule has 6 nitrogen and oxygen atoms in total. The van der Waals surface area contributed by atoms with Gasteiger partial charge in [-0.1, -0.05) is 24.3 Å². The van der Waals surface area contributed by atoms with E-state index in [2.05, 4.69) is 5.32 Å². The largest absolute Gasteiger partial charge is 0.493 e. The molecule has 162 valence electrons. The number of amides is 2. The molecule has 0 saturated carbocycles. The molecule has 9 heteroatoms. The number of anilines is 1. The van der Waals surface area contributed by atoms with Crippen LogP contribution in [-0.2, 0) is 22.6 Å². The van der Waals surface area contributed by atoms with Gasteiger partial charge in [0.05, 0.1) is 13.7 Å². The summed E-state index contributed by atoms with van der Waals surface area (Å²) in [6, 6.07) is 11.7. The van der Waals surface area contributed by atoms with Crippen LogP contribution in [0.3, 0.4) is 0 Å². The van der Waals surface area contributed by atoms with Crippen LogP contribution in [0.2, 0.25) is 0 Å². The molecular formula is C21H23F3N2O4. The standard InChI is InChI=1S/C21H23F3N2O4/c1-3-30-17-10-8-14(12-18(17)29-2)9-11-19(27)26-16-7-5-4-6-15(16)13-25-20(28)21(22,23)24/h4-8,10,12H,3,9,11,13H2,1-2H3,(H,25,28)(H,26,27). The van der Waals surface area contributed by atoms with Gasteiger partial charge in [-0.2, -0.15) is 13.2 Å². The topological polar surface area (TPSA) is 76.7 Å². The zero-order valence-electron chi connectivity index (χ0n) is 16.6. The maximum absolute atomic E-state index is 12.3. The highest BCUT2D eigenvalue weighted by Crippen LogP contribution is 2.28. The second-order valence-electron chi connectivity index (χ2n) is 6.30. The molecule has 0 aliphatic rings. The number of nitrogens with one attached hydrogen (secondary N) is 2. The van der Waals surface area contributed by atoms with Gasteiger partial charge in [-0.15, -0.1) is 0 Å². The molecule has 0 spiro atoms. The lowest BCUT2D eigenvalue weighted by atomic mass is 10.1. The highest BCUT2D eigenvalue weighted by Gasteiger charge is 2.38. The Labute approximate surface area is 172 Å². The number of halogens is 3. The second kappa shape index (κ2) is 10.5. The van der Waals surface area contributed by atoms with E-state index in [4.69, 9.17) is 9.47 Å². The van der Waals surface area contributed by atoms with Gasteiger partial charge in [0.25, 0.3) is 0 Å². The van der Waals surface area contributed by atoms with Gasteiger partial charge in [0.2, 0.25) is 5.91 Å². The molecule has 0 radical (unpaired) electrons. The summed E-state index contributed by atoms with van der Waals surface area (Å²) in [5, 5.41) is 4.47. The zero-order valence-corrected chi connectivity index (χ0v) is 16.6. The predicted molar refractivity (Wildman–Crippen MR) is 105 cm³/mol. The first-order valence-electron chi connectivity index (χ1n) is 9.27. The quantitative estimate of drug-likeness (QED) is 0.641. The molecule has 0 fully saturated rings. The fourth-order valence-corrected chi connectivity index (χ4v) is 2.68. The Kier molecular flexibility index (Phi) is 8.08. The number of ether oxygens (including phenoxy) is 2. The first kappa shape index (κ1) is 23.1. The third-order valence-electron chi connectivity index (χ3n) is 4.16. The van der Waals surface area contributed by atoms with Crippen LogP contribution in [0.4, 0.5) is 18.9 Å². The van der Waals surface area contributed by atoms with Crippen molar-refractivity contribution >= 4 is 17.5 Å². The number of aryl methyl sites for hydroxylation is 1. The summed E-state index contributed by atoms with van der Waals surface area (Å²) in [6.45, 7) is 2.01. The van der Waals surface area contributed by atoms with Crippen molar-refractivity contribution in [1.29, 1.82) is 0 Å². The minimum absolute atomic E-state index is 0.153. The minimum Gasteiger partial charge on any atom is -0.493 e. The van der Waals surface area contributed by atoms with Crippen LogP contribution < -0.4 is 20.1 Å². The summed E-state index contributed by atoms with van der Waals surface area (Å²) in [5.41, 5.74) is 1.58. The van der Waals surface area contributed by atoms with E-state index in [0.717, 1.165) is 5.56 Å². The van der Waals surface area contributed by atoms with Crippen molar-refractivity contribution < 1.29 is 32.2 Å². The van der Waals surface area contributed by atoms with Crippen molar-refractivity contribution in [3.8, 4) is 11.5 Å². The molecule has 0 unspecified atom stereocenters. The maximum Gasteiger partial charge on any atom is 0.471 e. The van der Waals surface area contributed by atoms with Gasteiger partial charge in [-0.3, -0.25) is 9.59 Å². The Bertz CT molecular complexity index is 885. The number of benzene rings is 2. The fraction of sp³-hybridized carbons (Fsp3) is 0.333. The SMILES string of the molecule is CCOc1ccc(CCC(=O)Nc2ccccc2CNC(=O)C(F)(F)F)cc1OC. The number of para-hydroxylation sites is 1. The summed E-state index contributed by atoms with van der Waals surface area (Å²) in [6.07, 6.45) is -4.38. The lowest BCUT2D eigenvalue weighted by Crippen LogP contribution is -2.36. The van der Waals surface area contributed by atoms with Gasteiger partial charge < -0.3 is 20.1 Å². The molecule has 30 heavy (non-hydrogen) atoms. The van der Waals surface area contributed by atoms with E-state index in [1.807, 2.05) is 13.0 Å². The first-order valence-corrected chi connectivity index (χ1v) is 9.27. The van der Waals surface area contributed by atoms with Crippen LogP contribution in [0, 0.1) is 0 Å². The monoisotopic (exact) mass is 424 g/mol. The maximum atomic E-state index is 12.3. The van der Waals surface area contributed by atoms with Crippen LogP contribution in [0.15, 0.2) is 42.5 Å². The molecule has 2 N–H and O–H groups in total. The van der Waals surface area contributed by atoms with Crippen LogP contribution in [0.1, 0.15) is 24.5 Å². The van der Waals surface area contributed by atoms with Gasteiger partial charge in [0.15, 0.2) is 11.5 Å². The number of methoxy groups -OCH3 is 1. The molecular weight excluding hydrogens is 401 g/mol. The predicted octanol–water partition coefficient (Wildman–Crippen LogP) is 3.84. The van der Waals surface area contributed by atoms with E-state index in [1.165, 1.54) is 13.2 Å². The number of rotatable bonds is 9. The lowest BCUT2D eigenvalue weighted by molar-refractivity contribution is -0.173. The van der Waals surface area contributed by atoms with E-state index in [0.29, 0.717) is 35.8 Å². The van der Waals surface area contributed by atoms with Gasteiger partial charge in [-0.25, -0.2) is 0 Å². The molecule has 2 aromatic rings. The molecule has 0 aromatic heterocycles. The number of hydrogen-bond acceptors (Lipinski definition) is 4. The fourth-order valence-electron chi connectivity index (χ4n) is 2.68. The Morgan fingerprint density at radius 3 is 2.47 bits per heavy atom. The summed E-state index contributed by atoms with van der Waals surface area (Å²) >= 11 is 0. The number of carbonyl (C=O) groups is 2. The molecule has 0 aliphatic carbocycles. The molecule has 0 heterocycles. The normalized spacial score (nSPS) is 11.0. The van der Waals surface area contributed by atoms with Gasteiger partial charge in [0.1, 0.15) is 0 Å². The molecule has 2 amide bonds. The molecule has 0 bridgehead atoms. The average Bonchev–Trinajstić information content (AvgIpc) is 2.71. The van der Waals surface area contributed by atoms with Crippen LogP contribution >= 0.6 is 0 Å². The van der Waals surface area contributed by atoms with E-state index in [9.17, 15) is 22.8 Å². The summed E-state index contributed by atoms with van der Waals surface area (Å²) in [5.74, 6) is -1.16. The highest BCUT2D eigenvalue weighted by atomic mass is 19.4. The van der Waals surface area contributed by atoms with E-state index < -0.39 is 12.1 Å². The summed E-state index contributed by atoms with van der Waals surface area (Å²) < 4.78 is 47.8. The second-order valence-corrected chi connectivity index (χ2v) is 6.30. The Hall–Kier alpha value is -3.23. The van der Waals surface area contributed by atoms with Crippen molar-refractivity contribution in [2.45, 2.75) is 32.5 Å². The van der Waals surface area contributed by atoms with E-state index in [1.54, 1.807) is 35.6 Å². The van der Waals surface area contributed by atoms with E-state index >= 15 is 0 Å². The van der Waals surface area contributed by atoms with Crippen LogP contribution in [0.25, 0.3) is 0 Å². The average molecular weight is 424 g/mol. The van der Waals surface area contributed by atoms with Gasteiger partial charge in [-0.05, 0) is 42.7 Å². The van der Waals surface area contributed by atoms with Crippen molar-refractivity contribution in [1.82, 2.24) is 5.32 Å². The van der Waals surface area contributed by atoms with Crippen molar-refractivity contribution in [2.75, 3.05) is 19.0 Å². The molecule has 0 saturated heterocycles. The van der Waals surface area contributed by atoms with Crippen molar-refractivity contribution in [3.05, 3.63) is 53.6 Å². The molecule has 0 atom stereocenters. The summed E-state index contributed by atoms with van der Waals surface area (Å²) in [7, 11) is 1.53. The van der Waals surface area contributed by atoms with Gasteiger partial charge >= 0.3 is 12.1 Å². The molecule has 0 aliphatic heterocycles. The van der Waals surface area contributed by atoms with E-state index in [-0.39, 0.29) is 18.9 Å². The number of alkyl halides is 3. The van der Waals surface area contributed by atoms with Crippen molar-refractivity contribution in [2.24, 2.45) is 0 Å². The molecule has 2 rings (SSSR count). The van der Waals surface area contributed by atoms with Gasteiger partial charge in [0, 0.05) is 18.7 Å². The molecule has 2 aromatic carbocycles. The summed E-state index contributed by atoms with van der Waals surface area (Å²) in [4.78, 5) is 23.3. The smallest absolute Gasteiger partial charge is 0.471 e. The third-order valence-corrected chi connectivity index (χ3v) is 4.16. The van der Waals surface area contributed by atoms with Crippen LogP contribution in [0.5, 0.6) is 11.5 Å².